The van der Waals surface area contributed by atoms with Gasteiger partial charge in [-0.3, -0.25) is 4.79 Å². The number of carboxylic acid groups (broad SMARTS) is 1. The molecule has 0 spiro atoms. The number of phenols is 1. The SMILES string of the molecule is COc1cccc(/C=N\NC(=O)c2cc(Br)cc(Br)c2O)c1O[C@H](C)C(=O)O. The van der Waals surface area contributed by atoms with Crippen LogP contribution >= 0.6 is 31.9 Å². The van der Waals surface area contributed by atoms with Crippen molar-refractivity contribution < 1.29 is 29.3 Å². The number of hydrazone groups is 1. The number of ether oxygens (including phenoxy) is 2. The van der Waals surface area contributed by atoms with Gasteiger partial charge in [-0.15, -0.1) is 0 Å². The lowest BCUT2D eigenvalue weighted by molar-refractivity contribution is -0.144. The molecule has 0 saturated heterocycles. The number of benzene rings is 2. The van der Waals surface area contributed by atoms with Crippen LogP contribution in [-0.2, 0) is 4.79 Å². The summed E-state index contributed by atoms with van der Waals surface area (Å²) in [5.41, 5.74) is 2.71. The van der Waals surface area contributed by atoms with E-state index in [4.69, 9.17) is 14.6 Å². The van der Waals surface area contributed by atoms with E-state index in [1.54, 1.807) is 24.3 Å². The van der Waals surface area contributed by atoms with E-state index in [0.29, 0.717) is 20.3 Å². The van der Waals surface area contributed by atoms with Crippen LogP contribution in [0.15, 0.2) is 44.4 Å². The highest BCUT2D eigenvalue weighted by atomic mass is 79.9. The van der Waals surface area contributed by atoms with Crippen molar-refractivity contribution in [2.75, 3.05) is 7.11 Å². The van der Waals surface area contributed by atoms with Gasteiger partial charge in [0.2, 0.25) is 0 Å². The molecule has 148 valence electrons. The molecule has 0 fully saturated rings. The van der Waals surface area contributed by atoms with Crippen LogP contribution in [-0.4, -0.2) is 41.5 Å². The third-order valence-corrected chi connectivity index (χ3v) is 4.58. The summed E-state index contributed by atoms with van der Waals surface area (Å²) in [5, 5.41) is 22.9. The molecule has 2 aromatic carbocycles. The minimum Gasteiger partial charge on any atom is -0.506 e. The summed E-state index contributed by atoms with van der Waals surface area (Å²) in [6, 6.07) is 7.93. The fraction of sp³-hybridized carbons (Fsp3) is 0.167. The van der Waals surface area contributed by atoms with Crippen molar-refractivity contribution in [3.05, 3.63) is 50.4 Å². The molecule has 2 aromatic rings. The quantitative estimate of drug-likeness (QED) is 0.383. The summed E-state index contributed by atoms with van der Waals surface area (Å²) in [5.74, 6) is -1.52. The predicted molar refractivity (Wildman–Crippen MR) is 109 cm³/mol. The normalized spacial score (nSPS) is 11.9. The minimum absolute atomic E-state index is 0.0139. The molecule has 0 unspecified atom stereocenters. The fourth-order valence-electron chi connectivity index (χ4n) is 2.11. The zero-order valence-corrected chi connectivity index (χ0v) is 17.9. The number of phenolic OH excluding ortho intramolecular Hbond substituents is 1. The Morgan fingerprint density at radius 3 is 2.64 bits per heavy atom. The van der Waals surface area contributed by atoms with Gasteiger partial charge in [0.05, 0.1) is 23.4 Å². The molecule has 0 aliphatic rings. The number of aliphatic carboxylic acids is 1. The van der Waals surface area contributed by atoms with Gasteiger partial charge in [-0.1, -0.05) is 22.0 Å². The molecule has 2 rings (SSSR count). The largest absolute Gasteiger partial charge is 0.506 e. The Morgan fingerprint density at radius 1 is 1.29 bits per heavy atom. The van der Waals surface area contributed by atoms with Gasteiger partial charge >= 0.3 is 5.97 Å². The molecule has 0 heterocycles. The minimum atomic E-state index is -1.14. The predicted octanol–water partition coefficient (Wildman–Crippen LogP) is 3.54. The topological polar surface area (TPSA) is 117 Å². The van der Waals surface area contributed by atoms with Crippen LogP contribution in [0.4, 0.5) is 0 Å². The lowest BCUT2D eigenvalue weighted by Crippen LogP contribution is -2.24. The van der Waals surface area contributed by atoms with Crippen LogP contribution < -0.4 is 14.9 Å². The van der Waals surface area contributed by atoms with E-state index in [-0.39, 0.29) is 17.1 Å². The van der Waals surface area contributed by atoms with Crippen LogP contribution in [0, 0.1) is 0 Å². The van der Waals surface area contributed by atoms with Crippen molar-refractivity contribution >= 4 is 50.0 Å². The highest BCUT2D eigenvalue weighted by Crippen LogP contribution is 2.32. The summed E-state index contributed by atoms with van der Waals surface area (Å²) < 4.78 is 11.6. The summed E-state index contributed by atoms with van der Waals surface area (Å²) in [4.78, 5) is 23.3. The number of para-hydroxylation sites is 1. The average molecular weight is 516 g/mol. The molecule has 3 N–H and O–H groups in total. The molecule has 1 atom stereocenters. The summed E-state index contributed by atoms with van der Waals surface area (Å²) >= 11 is 6.40. The number of hydrogen-bond acceptors (Lipinski definition) is 6. The lowest BCUT2D eigenvalue weighted by Gasteiger charge is -2.15. The van der Waals surface area contributed by atoms with Gasteiger partial charge in [-0.05, 0) is 47.1 Å². The highest BCUT2D eigenvalue weighted by molar-refractivity contribution is 9.11. The van der Waals surface area contributed by atoms with Crippen molar-refractivity contribution in [1.82, 2.24) is 5.43 Å². The van der Waals surface area contributed by atoms with Gasteiger partial charge < -0.3 is 19.7 Å². The van der Waals surface area contributed by atoms with Crippen molar-refractivity contribution in [3.8, 4) is 17.2 Å². The van der Waals surface area contributed by atoms with E-state index < -0.39 is 18.0 Å². The van der Waals surface area contributed by atoms with Crippen LogP contribution in [0.2, 0.25) is 0 Å². The van der Waals surface area contributed by atoms with Gasteiger partial charge in [0.25, 0.3) is 5.91 Å². The Hall–Kier alpha value is -2.59. The molecule has 0 bridgehead atoms. The van der Waals surface area contributed by atoms with E-state index in [0.717, 1.165) is 0 Å². The van der Waals surface area contributed by atoms with Crippen LogP contribution in [0.3, 0.4) is 0 Å². The molecule has 10 heteroatoms. The van der Waals surface area contributed by atoms with Crippen LogP contribution in [0.25, 0.3) is 0 Å². The molecular weight excluding hydrogens is 500 g/mol. The number of rotatable bonds is 7. The molecule has 28 heavy (non-hydrogen) atoms. The number of hydrogen-bond donors (Lipinski definition) is 3. The Bertz CT molecular complexity index is 933. The number of halogens is 2. The number of carbonyl (C=O) groups is 2. The van der Waals surface area contributed by atoms with E-state index in [9.17, 15) is 14.7 Å². The fourth-order valence-corrected chi connectivity index (χ4v) is 3.33. The van der Waals surface area contributed by atoms with E-state index in [1.165, 1.54) is 26.3 Å². The van der Waals surface area contributed by atoms with Crippen molar-refractivity contribution in [1.29, 1.82) is 0 Å². The van der Waals surface area contributed by atoms with E-state index in [2.05, 4.69) is 42.4 Å². The molecule has 0 saturated carbocycles. The van der Waals surface area contributed by atoms with Crippen molar-refractivity contribution in [2.45, 2.75) is 13.0 Å². The Morgan fingerprint density at radius 2 is 2.00 bits per heavy atom. The maximum atomic E-state index is 12.3. The summed E-state index contributed by atoms with van der Waals surface area (Å²) in [7, 11) is 1.42. The highest BCUT2D eigenvalue weighted by Gasteiger charge is 2.18. The molecule has 8 nitrogen and oxygen atoms in total. The number of amides is 1. The molecular formula is C18H16Br2N2O6. The zero-order chi connectivity index (χ0) is 20.8. The maximum Gasteiger partial charge on any atom is 0.344 e. The molecule has 1 amide bonds. The maximum absolute atomic E-state index is 12.3. The molecule has 0 aliphatic carbocycles. The first-order chi connectivity index (χ1) is 13.2. The third kappa shape index (κ3) is 5.23. The van der Waals surface area contributed by atoms with E-state index in [1.807, 2.05) is 0 Å². The first kappa shape index (κ1) is 21.7. The lowest BCUT2D eigenvalue weighted by atomic mass is 10.2. The third-order valence-electron chi connectivity index (χ3n) is 3.51. The second kappa shape index (κ2) is 9.56. The molecule has 0 aromatic heterocycles. The van der Waals surface area contributed by atoms with Crippen LogP contribution in [0.1, 0.15) is 22.8 Å². The number of aromatic hydroxyl groups is 1. The zero-order valence-electron chi connectivity index (χ0n) is 14.8. The van der Waals surface area contributed by atoms with Crippen molar-refractivity contribution in [3.63, 3.8) is 0 Å². The Labute approximate surface area is 177 Å². The number of carboxylic acids is 1. The second-order valence-corrected chi connectivity index (χ2v) is 7.23. The van der Waals surface area contributed by atoms with E-state index >= 15 is 0 Å². The summed E-state index contributed by atoms with van der Waals surface area (Å²) in [6.07, 6.45) is 0.169. The van der Waals surface area contributed by atoms with Crippen molar-refractivity contribution in [2.24, 2.45) is 5.10 Å². The van der Waals surface area contributed by atoms with Gasteiger partial charge in [0.15, 0.2) is 17.6 Å². The number of methoxy groups -OCH3 is 1. The number of carbonyl (C=O) groups excluding carboxylic acids is 1. The number of nitrogens with one attached hydrogen (secondary N) is 1. The van der Waals surface area contributed by atoms with Gasteiger partial charge in [-0.25, -0.2) is 10.2 Å². The average Bonchev–Trinajstić information content (AvgIpc) is 2.65. The standard InChI is InChI=1S/C18H16Br2N2O6/c1-9(18(25)26)28-16-10(4-3-5-14(16)27-2)8-21-22-17(24)12-6-11(19)7-13(20)15(12)23/h3-9,23H,1-2H3,(H,22,24)(H,25,26)/b21-8-/t9-/m1/s1. The van der Waals surface area contributed by atoms with Gasteiger partial charge in [0.1, 0.15) is 5.75 Å². The van der Waals surface area contributed by atoms with Crippen LogP contribution in [0.5, 0.6) is 17.2 Å². The second-order valence-electron chi connectivity index (χ2n) is 5.46. The summed E-state index contributed by atoms with van der Waals surface area (Å²) in [6.45, 7) is 1.38. The molecule has 0 aliphatic heterocycles. The smallest absolute Gasteiger partial charge is 0.344 e. The molecule has 0 radical (unpaired) electrons. The Balaban J connectivity index is 2.25. The number of nitrogens with zero attached hydrogens (tertiary/aromatic N) is 1. The van der Waals surface area contributed by atoms with Gasteiger partial charge in [-0.2, -0.15) is 5.10 Å². The Kier molecular flexibility index (Phi) is 7.41. The first-order valence-corrected chi connectivity index (χ1v) is 9.41. The monoisotopic (exact) mass is 514 g/mol. The van der Waals surface area contributed by atoms with Gasteiger partial charge in [0, 0.05) is 10.0 Å². The first-order valence-electron chi connectivity index (χ1n) is 7.82.